The van der Waals surface area contributed by atoms with Crippen molar-refractivity contribution in [3.05, 3.63) is 65.2 Å². The van der Waals surface area contributed by atoms with Gasteiger partial charge < -0.3 is 4.74 Å². The molecule has 0 saturated heterocycles. The third-order valence-corrected chi connectivity index (χ3v) is 2.99. The summed E-state index contributed by atoms with van der Waals surface area (Å²) >= 11 is 5.88. The second-order valence-electron chi connectivity index (χ2n) is 5.93. The van der Waals surface area contributed by atoms with Crippen LogP contribution in [0.15, 0.2) is 59.6 Å². The number of rotatable bonds is 2. The molecule has 2 aromatic rings. The van der Waals surface area contributed by atoms with Crippen LogP contribution in [-0.4, -0.2) is 17.5 Å². The molecular weight excluding hydrogens is 312 g/mol. The van der Waals surface area contributed by atoms with Crippen LogP contribution >= 0.6 is 11.6 Å². The number of hydrogen-bond acceptors (Lipinski definition) is 3. The Labute approximate surface area is 141 Å². The lowest BCUT2D eigenvalue weighted by atomic mass is 10.2. The fourth-order valence-electron chi connectivity index (χ4n) is 1.81. The molecule has 1 N–H and O–H groups in total. The lowest BCUT2D eigenvalue weighted by Crippen LogP contribution is -2.36. The van der Waals surface area contributed by atoms with Gasteiger partial charge in [-0.1, -0.05) is 41.9 Å². The standard InChI is InChI=1S/C18H19ClN2O2/c1-18(2,3)23-17(22)21-16(13-7-5-4-6-8-13)20-15-11-9-14(19)10-12-15/h4-12H,1-3H3,(H,20,21,22). The van der Waals surface area contributed by atoms with Gasteiger partial charge in [0.2, 0.25) is 0 Å². The van der Waals surface area contributed by atoms with Gasteiger partial charge in [-0.05, 0) is 45.0 Å². The number of amides is 1. The molecule has 2 aromatic carbocycles. The van der Waals surface area contributed by atoms with Crippen LogP contribution in [0.1, 0.15) is 26.3 Å². The number of hydrogen-bond donors (Lipinski definition) is 1. The van der Waals surface area contributed by atoms with Crippen LogP contribution in [0.25, 0.3) is 0 Å². The number of alkyl carbamates (subject to hydrolysis) is 1. The van der Waals surface area contributed by atoms with Crippen molar-refractivity contribution in [1.29, 1.82) is 0 Å². The number of ether oxygens (including phenoxy) is 1. The maximum atomic E-state index is 12.1. The van der Waals surface area contributed by atoms with E-state index in [0.29, 0.717) is 16.5 Å². The van der Waals surface area contributed by atoms with Crippen molar-refractivity contribution in [3.63, 3.8) is 0 Å². The highest BCUT2D eigenvalue weighted by Crippen LogP contribution is 2.17. The van der Waals surface area contributed by atoms with Gasteiger partial charge in [-0.15, -0.1) is 0 Å². The smallest absolute Gasteiger partial charge is 0.413 e. The summed E-state index contributed by atoms with van der Waals surface area (Å²) in [5.74, 6) is 0.419. The molecule has 4 nitrogen and oxygen atoms in total. The summed E-state index contributed by atoms with van der Waals surface area (Å²) in [5, 5.41) is 3.34. The molecule has 0 saturated carbocycles. The van der Waals surface area contributed by atoms with Crippen molar-refractivity contribution < 1.29 is 9.53 Å². The zero-order valence-electron chi connectivity index (χ0n) is 13.3. The molecule has 23 heavy (non-hydrogen) atoms. The summed E-state index contributed by atoms with van der Waals surface area (Å²) < 4.78 is 5.29. The monoisotopic (exact) mass is 330 g/mol. The number of carbonyl (C=O) groups is 1. The molecule has 0 aliphatic rings. The highest BCUT2D eigenvalue weighted by atomic mass is 35.5. The van der Waals surface area contributed by atoms with Crippen LogP contribution in [0, 0.1) is 0 Å². The molecule has 0 radical (unpaired) electrons. The van der Waals surface area contributed by atoms with Gasteiger partial charge in [-0.3, -0.25) is 5.32 Å². The summed E-state index contributed by atoms with van der Waals surface area (Å²) in [5.41, 5.74) is 0.893. The summed E-state index contributed by atoms with van der Waals surface area (Å²) in [4.78, 5) is 16.5. The molecule has 0 spiro atoms. The Balaban J connectivity index is 2.29. The Morgan fingerprint density at radius 3 is 2.22 bits per heavy atom. The van der Waals surface area contributed by atoms with E-state index in [1.54, 1.807) is 24.3 Å². The lowest BCUT2D eigenvalue weighted by molar-refractivity contribution is 0.0563. The van der Waals surface area contributed by atoms with Crippen LogP contribution in [0.5, 0.6) is 0 Å². The van der Waals surface area contributed by atoms with Crippen LogP contribution in [0.2, 0.25) is 5.02 Å². The minimum absolute atomic E-state index is 0.419. The number of carbonyl (C=O) groups excluding carboxylic acids is 1. The van der Waals surface area contributed by atoms with E-state index in [4.69, 9.17) is 16.3 Å². The van der Waals surface area contributed by atoms with Gasteiger partial charge in [0, 0.05) is 10.6 Å². The minimum atomic E-state index is -0.577. The van der Waals surface area contributed by atoms with Gasteiger partial charge in [0.15, 0.2) is 0 Å². The molecule has 1 amide bonds. The first-order valence-corrected chi connectivity index (χ1v) is 7.61. The van der Waals surface area contributed by atoms with Gasteiger partial charge in [0.25, 0.3) is 0 Å². The third kappa shape index (κ3) is 5.75. The first kappa shape index (κ1) is 17.0. The molecule has 5 heteroatoms. The Morgan fingerprint density at radius 1 is 1.04 bits per heavy atom. The summed E-state index contributed by atoms with van der Waals surface area (Å²) in [6.07, 6.45) is -0.547. The molecule has 0 aromatic heterocycles. The van der Waals surface area contributed by atoms with Gasteiger partial charge in [-0.25, -0.2) is 9.79 Å². The maximum Gasteiger partial charge on any atom is 0.413 e. The number of halogens is 1. The van der Waals surface area contributed by atoms with E-state index in [-0.39, 0.29) is 0 Å². The first-order chi connectivity index (χ1) is 10.8. The maximum absolute atomic E-state index is 12.1. The van der Waals surface area contributed by atoms with E-state index in [0.717, 1.165) is 5.56 Å². The topological polar surface area (TPSA) is 50.7 Å². The van der Waals surface area contributed by atoms with Gasteiger partial charge in [0.05, 0.1) is 5.69 Å². The van der Waals surface area contributed by atoms with Crippen molar-refractivity contribution in [2.45, 2.75) is 26.4 Å². The number of benzene rings is 2. The SMILES string of the molecule is CC(C)(C)OC(=O)NC(=Nc1ccc(Cl)cc1)c1ccccc1. The van der Waals surface area contributed by atoms with Crippen molar-refractivity contribution in [2.75, 3.05) is 0 Å². The Morgan fingerprint density at radius 2 is 1.65 bits per heavy atom. The van der Waals surface area contributed by atoms with Gasteiger partial charge in [0.1, 0.15) is 11.4 Å². The van der Waals surface area contributed by atoms with Gasteiger partial charge >= 0.3 is 6.09 Å². The molecule has 0 aliphatic carbocycles. The van der Waals surface area contributed by atoms with Crippen LogP contribution in [0.4, 0.5) is 10.5 Å². The highest BCUT2D eigenvalue weighted by Gasteiger charge is 2.18. The molecule has 0 heterocycles. The lowest BCUT2D eigenvalue weighted by Gasteiger charge is -2.20. The van der Waals surface area contributed by atoms with E-state index < -0.39 is 11.7 Å². The zero-order chi connectivity index (χ0) is 16.9. The first-order valence-electron chi connectivity index (χ1n) is 7.23. The number of nitrogens with one attached hydrogen (secondary N) is 1. The largest absolute Gasteiger partial charge is 0.444 e. The molecular formula is C18H19ClN2O2. The van der Waals surface area contributed by atoms with E-state index >= 15 is 0 Å². The minimum Gasteiger partial charge on any atom is -0.444 e. The molecule has 2 rings (SSSR count). The van der Waals surface area contributed by atoms with Crippen LogP contribution in [0.3, 0.4) is 0 Å². The Kier molecular flexibility index (Phi) is 5.40. The van der Waals surface area contributed by atoms with E-state index in [2.05, 4.69) is 10.3 Å². The third-order valence-electron chi connectivity index (χ3n) is 2.73. The second-order valence-corrected chi connectivity index (χ2v) is 6.37. The molecule has 0 atom stereocenters. The number of amidine groups is 1. The molecule has 120 valence electrons. The zero-order valence-corrected chi connectivity index (χ0v) is 14.1. The van der Waals surface area contributed by atoms with E-state index in [1.807, 2.05) is 51.1 Å². The average molecular weight is 331 g/mol. The van der Waals surface area contributed by atoms with E-state index in [9.17, 15) is 4.79 Å². The van der Waals surface area contributed by atoms with Gasteiger partial charge in [-0.2, -0.15) is 0 Å². The van der Waals surface area contributed by atoms with Crippen molar-refractivity contribution in [3.8, 4) is 0 Å². The summed E-state index contributed by atoms with van der Waals surface area (Å²) in [7, 11) is 0. The molecule has 0 aliphatic heterocycles. The van der Waals surface area contributed by atoms with Crippen molar-refractivity contribution in [2.24, 2.45) is 4.99 Å². The van der Waals surface area contributed by atoms with Crippen LogP contribution < -0.4 is 5.32 Å². The van der Waals surface area contributed by atoms with Crippen molar-refractivity contribution >= 4 is 29.2 Å². The molecule has 0 bridgehead atoms. The normalized spacial score (nSPS) is 11.9. The molecule has 0 unspecified atom stereocenters. The predicted octanol–water partition coefficient (Wildman–Crippen LogP) is 4.94. The highest BCUT2D eigenvalue weighted by molar-refractivity contribution is 6.30. The Hall–Kier alpha value is -2.33. The molecule has 0 fully saturated rings. The average Bonchev–Trinajstić information content (AvgIpc) is 2.48. The Bertz CT molecular complexity index is 689. The number of aliphatic imine (C=N–C) groups is 1. The van der Waals surface area contributed by atoms with Crippen LogP contribution in [-0.2, 0) is 4.74 Å². The van der Waals surface area contributed by atoms with E-state index in [1.165, 1.54) is 0 Å². The second kappa shape index (κ2) is 7.29. The number of nitrogens with zero attached hydrogens (tertiary/aromatic N) is 1. The fourth-order valence-corrected chi connectivity index (χ4v) is 1.93. The summed E-state index contributed by atoms with van der Waals surface area (Å²) in [6.45, 7) is 5.43. The predicted molar refractivity (Wildman–Crippen MR) is 93.5 cm³/mol. The summed E-state index contributed by atoms with van der Waals surface area (Å²) in [6, 6.07) is 16.4. The van der Waals surface area contributed by atoms with Crippen molar-refractivity contribution in [1.82, 2.24) is 5.32 Å². The quantitative estimate of drug-likeness (QED) is 0.626. The fraction of sp³-hybridized carbons (Fsp3) is 0.222.